The van der Waals surface area contributed by atoms with Crippen molar-refractivity contribution in [3.8, 4) is 0 Å². The van der Waals surface area contributed by atoms with Gasteiger partial charge in [-0.2, -0.15) is 0 Å². The second-order valence-corrected chi connectivity index (χ2v) is 4.28. The van der Waals surface area contributed by atoms with Gasteiger partial charge in [-0.3, -0.25) is 0 Å². The molecule has 0 aliphatic heterocycles. The van der Waals surface area contributed by atoms with Gasteiger partial charge in [0.05, 0.1) is 17.8 Å². The molecule has 0 amide bonds. The molecule has 0 aliphatic carbocycles. The zero-order valence-electron chi connectivity index (χ0n) is 10.6. The van der Waals surface area contributed by atoms with Gasteiger partial charge in [-0.25, -0.2) is 26.6 Å². The molecule has 0 aliphatic rings. The number of aliphatic hydroxyl groups excluding tert-OH is 1. The van der Waals surface area contributed by atoms with Gasteiger partial charge in [-0.1, -0.05) is 5.21 Å². The smallest absolute Gasteiger partial charge is 0.200 e. The molecule has 21 heavy (non-hydrogen) atoms. The second kappa shape index (κ2) is 6.17. The van der Waals surface area contributed by atoms with Gasteiger partial charge in [-0.15, -0.1) is 5.10 Å². The van der Waals surface area contributed by atoms with Gasteiger partial charge >= 0.3 is 0 Å². The highest BCUT2D eigenvalue weighted by atomic mass is 19.2. The van der Waals surface area contributed by atoms with E-state index in [2.05, 4.69) is 10.3 Å². The van der Waals surface area contributed by atoms with E-state index in [-0.39, 0.29) is 6.61 Å². The summed E-state index contributed by atoms with van der Waals surface area (Å²) < 4.78 is 66.9. The Labute approximate surface area is 115 Å². The minimum absolute atomic E-state index is 0.0650. The van der Waals surface area contributed by atoms with Crippen LogP contribution in [-0.2, 0) is 13.0 Å². The third kappa shape index (κ3) is 3.02. The summed E-state index contributed by atoms with van der Waals surface area (Å²) in [6.45, 7) is -0.706. The summed E-state index contributed by atoms with van der Waals surface area (Å²) in [5.41, 5.74) is -0.544. The van der Waals surface area contributed by atoms with Gasteiger partial charge in [0.1, 0.15) is 0 Å². The molecule has 2 aromatic rings. The van der Waals surface area contributed by atoms with Crippen LogP contribution in [0.2, 0.25) is 0 Å². The Bertz CT molecular complexity index is 630. The minimum Gasteiger partial charge on any atom is -0.396 e. The topological polar surface area (TPSA) is 50.9 Å². The molecule has 0 spiro atoms. The second-order valence-electron chi connectivity index (χ2n) is 4.28. The van der Waals surface area contributed by atoms with Crippen LogP contribution in [0.1, 0.15) is 17.7 Å². The highest BCUT2D eigenvalue weighted by Gasteiger charge is 2.25. The molecule has 0 bridgehead atoms. The number of aromatic nitrogens is 3. The lowest BCUT2D eigenvalue weighted by atomic mass is 10.1. The first-order valence-electron chi connectivity index (χ1n) is 5.95. The van der Waals surface area contributed by atoms with E-state index in [1.807, 2.05) is 0 Å². The molecule has 0 unspecified atom stereocenters. The first-order valence-corrected chi connectivity index (χ1v) is 5.95. The summed E-state index contributed by atoms with van der Waals surface area (Å²) in [4.78, 5) is 0. The van der Waals surface area contributed by atoms with Crippen molar-refractivity contribution in [3.63, 3.8) is 0 Å². The molecule has 1 aromatic heterocycles. The molecule has 1 heterocycles. The normalized spacial score (nSPS) is 11.1. The number of rotatable bonds is 5. The largest absolute Gasteiger partial charge is 0.396 e. The fourth-order valence-electron chi connectivity index (χ4n) is 1.74. The van der Waals surface area contributed by atoms with E-state index in [1.165, 1.54) is 6.20 Å². The average Bonchev–Trinajstić information content (AvgIpc) is 2.93. The molecule has 4 nitrogen and oxygen atoms in total. The lowest BCUT2D eigenvalue weighted by molar-refractivity contribution is 0.288. The molecule has 0 radical (unpaired) electrons. The van der Waals surface area contributed by atoms with E-state index in [0.717, 1.165) is 4.68 Å². The van der Waals surface area contributed by atoms with E-state index in [1.54, 1.807) is 0 Å². The van der Waals surface area contributed by atoms with Crippen molar-refractivity contribution in [1.82, 2.24) is 15.0 Å². The summed E-state index contributed by atoms with van der Waals surface area (Å²) in [7, 11) is 0. The maximum absolute atomic E-state index is 13.5. The quantitative estimate of drug-likeness (QED) is 0.522. The van der Waals surface area contributed by atoms with Crippen molar-refractivity contribution in [3.05, 3.63) is 46.5 Å². The molecule has 0 fully saturated rings. The number of nitrogens with zero attached hydrogens (tertiary/aromatic N) is 3. The van der Waals surface area contributed by atoms with E-state index < -0.39 is 41.2 Å². The Hall–Kier alpha value is -2.03. The molecule has 1 N–H and O–H groups in total. The van der Waals surface area contributed by atoms with Gasteiger partial charge in [0.2, 0.25) is 5.82 Å². The first-order chi connectivity index (χ1) is 9.95. The maximum atomic E-state index is 13.5. The number of aliphatic hydroxyl groups is 1. The van der Waals surface area contributed by atoms with E-state index in [9.17, 15) is 22.0 Å². The van der Waals surface area contributed by atoms with Gasteiger partial charge in [-0.05, 0) is 12.8 Å². The molecular formula is C12H10F5N3O. The maximum Gasteiger partial charge on any atom is 0.200 e. The van der Waals surface area contributed by atoms with Crippen LogP contribution >= 0.6 is 0 Å². The highest BCUT2D eigenvalue weighted by molar-refractivity contribution is 5.24. The third-order valence-electron chi connectivity index (χ3n) is 2.80. The molecule has 0 atom stereocenters. The fourth-order valence-corrected chi connectivity index (χ4v) is 1.74. The first kappa shape index (κ1) is 15.4. The number of benzene rings is 1. The van der Waals surface area contributed by atoms with Crippen LogP contribution in [0.25, 0.3) is 0 Å². The fraction of sp³-hybridized carbons (Fsp3) is 0.333. The Morgan fingerprint density at radius 3 is 2.10 bits per heavy atom. The van der Waals surface area contributed by atoms with Crippen LogP contribution in [0.4, 0.5) is 22.0 Å². The Kier molecular flexibility index (Phi) is 4.51. The van der Waals surface area contributed by atoms with Crippen molar-refractivity contribution in [2.24, 2.45) is 0 Å². The van der Waals surface area contributed by atoms with Crippen molar-refractivity contribution < 1.29 is 27.1 Å². The summed E-state index contributed by atoms with van der Waals surface area (Å²) in [5, 5.41) is 15.9. The van der Waals surface area contributed by atoms with Crippen LogP contribution in [-0.4, -0.2) is 26.7 Å². The average molecular weight is 307 g/mol. The monoisotopic (exact) mass is 307 g/mol. The summed E-state index contributed by atoms with van der Waals surface area (Å²) in [5.74, 6) is -9.97. The lowest BCUT2D eigenvalue weighted by Gasteiger charge is -2.07. The predicted octanol–water partition coefficient (Wildman–Crippen LogP) is 1.95. The molecule has 0 saturated carbocycles. The molecule has 2 rings (SSSR count). The van der Waals surface area contributed by atoms with Crippen LogP contribution in [0.15, 0.2) is 6.20 Å². The van der Waals surface area contributed by atoms with Crippen molar-refractivity contribution in [1.29, 1.82) is 0 Å². The van der Waals surface area contributed by atoms with Crippen LogP contribution in [0.5, 0.6) is 0 Å². The zero-order chi connectivity index (χ0) is 15.6. The van der Waals surface area contributed by atoms with E-state index in [0.29, 0.717) is 18.5 Å². The Balaban J connectivity index is 2.29. The zero-order valence-corrected chi connectivity index (χ0v) is 10.6. The summed E-state index contributed by atoms with van der Waals surface area (Å²) >= 11 is 0. The van der Waals surface area contributed by atoms with Gasteiger partial charge in [0.15, 0.2) is 23.3 Å². The van der Waals surface area contributed by atoms with E-state index >= 15 is 0 Å². The van der Waals surface area contributed by atoms with Crippen molar-refractivity contribution >= 4 is 0 Å². The predicted molar refractivity (Wildman–Crippen MR) is 60.8 cm³/mol. The molecule has 0 saturated heterocycles. The lowest BCUT2D eigenvalue weighted by Crippen LogP contribution is -2.11. The Morgan fingerprint density at radius 1 is 0.952 bits per heavy atom. The highest BCUT2D eigenvalue weighted by Crippen LogP contribution is 2.23. The Morgan fingerprint density at radius 2 is 1.52 bits per heavy atom. The third-order valence-corrected chi connectivity index (χ3v) is 2.80. The SMILES string of the molecule is OCCCc1cn(Cc2c(F)c(F)c(F)c(F)c2F)nn1. The number of halogens is 5. The standard InChI is InChI=1S/C12H10F5N3O/c13-8-7(9(14)11(16)12(17)10(8)15)5-20-4-6(18-19-20)2-1-3-21/h4,21H,1-3,5H2. The van der Waals surface area contributed by atoms with Crippen molar-refractivity contribution in [2.75, 3.05) is 6.61 Å². The van der Waals surface area contributed by atoms with Gasteiger partial charge in [0, 0.05) is 12.8 Å². The molecule has 114 valence electrons. The number of hydrogen-bond acceptors (Lipinski definition) is 3. The van der Waals surface area contributed by atoms with Gasteiger partial charge < -0.3 is 5.11 Å². The molecular weight excluding hydrogens is 297 g/mol. The number of aryl methyl sites for hydroxylation is 1. The summed E-state index contributed by atoms with van der Waals surface area (Å²) in [6.07, 6.45) is 2.11. The van der Waals surface area contributed by atoms with Crippen LogP contribution in [0, 0.1) is 29.1 Å². The summed E-state index contributed by atoms with van der Waals surface area (Å²) in [6, 6.07) is 0. The van der Waals surface area contributed by atoms with Crippen molar-refractivity contribution in [2.45, 2.75) is 19.4 Å². The van der Waals surface area contributed by atoms with Gasteiger partial charge in [0.25, 0.3) is 0 Å². The molecule has 1 aromatic carbocycles. The van der Waals surface area contributed by atoms with Crippen LogP contribution < -0.4 is 0 Å². The minimum atomic E-state index is -2.20. The van der Waals surface area contributed by atoms with Crippen LogP contribution in [0.3, 0.4) is 0 Å². The van der Waals surface area contributed by atoms with E-state index in [4.69, 9.17) is 5.11 Å². The molecule has 9 heteroatoms. The number of hydrogen-bond donors (Lipinski definition) is 1.